The van der Waals surface area contributed by atoms with E-state index in [0.717, 1.165) is 24.2 Å². The normalized spacial score (nSPS) is 14.0. The van der Waals surface area contributed by atoms with E-state index in [1.807, 2.05) is 38.1 Å². The summed E-state index contributed by atoms with van der Waals surface area (Å²) in [6.45, 7) is 4.79. The van der Waals surface area contributed by atoms with Gasteiger partial charge in [-0.1, -0.05) is 30.3 Å². The van der Waals surface area contributed by atoms with Gasteiger partial charge < -0.3 is 10.2 Å². The molecular weight excluding hydrogens is 380 g/mol. The van der Waals surface area contributed by atoms with Gasteiger partial charge in [-0.2, -0.15) is 5.10 Å². The highest BCUT2D eigenvalue weighted by Crippen LogP contribution is 2.21. The number of fused-ring (bicyclic) bond motifs is 1. The molecule has 0 saturated carbocycles. The van der Waals surface area contributed by atoms with Crippen molar-refractivity contribution < 1.29 is 9.59 Å². The molecule has 1 aromatic heterocycles. The van der Waals surface area contributed by atoms with E-state index in [2.05, 4.69) is 10.4 Å². The van der Waals surface area contributed by atoms with E-state index in [1.54, 1.807) is 29.2 Å². The van der Waals surface area contributed by atoms with Crippen LogP contribution in [-0.4, -0.2) is 28.1 Å². The minimum atomic E-state index is -0.334. The van der Waals surface area contributed by atoms with Crippen LogP contribution >= 0.6 is 0 Å². The summed E-state index contributed by atoms with van der Waals surface area (Å²) in [5, 5.41) is 8.25. The van der Waals surface area contributed by atoms with Gasteiger partial charge in [0, 0.05) is 30.6 Å². The average Bonchev–Trinajstić information content (AvgIpc) is 3.18. The van der Waals surface area contributed by atoms with Crippen LogP contribution in [0.2, 0.25) is 0 Å². The minimum Gasteiger partial charge on any atom is -0.347 e. The van der Waals surface area contributed by atoms with Crippen LogP contribution in [-0.2, 0) is 11.3 Å². The van der Waals surface area contributed by atoms with Crippen LogP contribution in [0.5, 0.6) is 0 Å². The third kappa shape index (κ3) is 3.70. The molecule has 7 nitrogen and oxygen atoms in total. The lowest BCUT2D eigenvalue weighted by atomic mass is 10.1. The van der Waals surface area contributed by atoms with E-state index in [1.165, 1.54) is 4.68 Å². The second kappa shape index (κ2) is 8.10. The van der Waals surface area contributed by atoms with Crippen LogP contribution in [0.25, 0.3) is 10.8 Å². The first-order chi connectivity index (χ1) is 14.5. The molecule has 1 aliphatic rings. The molecule has 2 amide bonds. The highest BCUT2D eigenvalue weighted by molar-refractivity contribution is 6.04. The minimum absolute atomic E-state index is 0.147. The SMILES string of the molecule is CC(C)n1nc(C(=O)NCc2ccc(N3CCCC3=O)cc2)c2ccccc2c1=O. The Labute approximate surface area is 174 Å². The maximum Gasteiger partial charge on any atom is 0.274 e. The van der Waals surface area contributed by atoms with E-state index in [4.69, 9.17) is 0 Å². The Kier molecular flexibility index (Phi) is 5.35. The zero-order valence-electron chi connectivity index (χ0n) is 17.1. The number of hydrogen-bond acceptors (Lipinski definition) is 4. The van der Waals surface area contributed by atoms with Gasteiger partial charge in [-0.05, 0) is 44.0 Å². The Morgan fingerprint density at radius 1 is 1.07 bits per heavy atom. The summed E-state index contributed by atoms with van der Waals surface area (Å²) in [6.07, 6.45) is 1.48. The van der Waals surface area contributed by atoms with Crippen LogP contribution in [0.4, 0.5) is 5.69 Å². The molecule has 2 aromatic carbocycles. The molecule has 3 aromatic rings. The van der Waals surface area contributed by atoms with Crippen molar-refractivity contribution in [2.75, 3.05) is 11.4 Å². The summed E-state index contributed by atoms with van der Waals surface area (Å²) in [5.41, 5.74) is 1.83. The number of aromatic nitrogens is 2. The summed E-state index contributed by atoms with van der Waals surface area (Å²) in [6, 6.07) is 14.5. The molecule has 0 radical (unpaired) electrons. The first kappa shape index (κ1) is 19.8. The summed E-state index contributed by atoms with van der Waals surface area (Å²) >= 11 is 0. The largest absolute Gasteiger partial charge is 0.347 e. The van der Waals surface area contributed by atoms with Crippen molar-refractivity contribution in [1.29, 1.82) is 0 Å². The molecule has 1 saturated heterocycles. The molecule has 0 atom stereocenters. The first-order valence-corrected chi connectivity index (χ1v) is 10.1. The van der Waals surface area contributed by atoms with Crippen molar-refractivity contribution in [2.45, 2.75) is 39.3 Å². The maximum atomic E-state index is 12.9. The molecular formula is C23H24N4O3. The van der Waals surface area contributed by atoms with Gasteiger partial charge in [0.1, 0.15) is 0 Å². The summed E-state index contributed by atoms with van der Waals surface area (Å²) in [4.78, 5) is 39.2. The highest BCUT2D eigenvalue weighted by atomic mass is 16.2. The van der Waals surface area contributed by atoms with Crippen LogP contribution in [0.1, 0.15) is 48.8 Å². The van der Waals surface area contributed by atoms with Crippen molar-refractivity contribution in [1.82, 2.24) is 15.1 Å². The fraction of sp³-hybridized carbons (Fsp3) is 0.304. The fourth-order valence-corrected chi connectivity index (χ4v) is 3.71. The Morgan fingerprint density at radius 3 is 2.40 bits per heavy atom. The van der Waals surface area contributed by atoms with Crippen molar-refractivity contribution in [3.8, 4) is 0 Å². The van der Waals surface area contributed by atoms with Crippen molar-refractivity contribution >= 4 is 28.3 Å². The zero-order chi connectivity index (χ0) is 21.3. The van der Waals surface area contributed by atoms with E-state index in [9.17, 15) is 14.4 Å². The van der Waals surface area contributed by atoms with Crippen LogP contribution < -0.4 is 15.8 Å². The number of benzene rings is 2. The molecule has 4 rings (SSSR count). The van der Waals surface area contributed by atoms with E-state index < -0.39 is 0 Å². The number of nitrogens with one attached hydrogen (secondary N) is 1. The van der Waals surface area contributed by atoms with Gasteiger partial charge >= 0.3 is 0 Å². The smallest absolute Gasteiger partial charge is 0.274 e. The number of amides is 2. The number of anilines is 1. The Balaban J connectivity index is 1.54. The summed E-state index contributed by atoms with van der Waals surface area (Å²) < 4.78 is 1.35. The molecule has 30 heavy (non-hydrogen) atoms. The quantitative estimate of drug-likeness (QED) is 0.708. The van der Waals surface area contributed by atoms with Gasteiger partial charge in [-0.15, -0.1) is 0 Å². The molecule has 1 fully saturated rings. The number of carbonyl (C=O) groups is 2. The first-order valence-electron chi connectivity index (χ1n) is 10.1. The number of hydrogen-bond donors (Lipinski definition) is 1. The molecule has 7 heteroatoms. The summed E-state index contributed by atoms with van der Waals surface area (Å²) in [5.74, 6) is -0.186. The van der Waals surface area contributed by atoms with Crippen molar-refractivity contribution in [3.05, 3.63) is 70.1 Å². The van der Waals surface area contributed by atoms with Gasteiger partial charge in [0.05, 0.1) is 11.4 Å². The van der Waals surface area contributed by atoms with E-state index in [-0.39, 0.29) is 29.1 Å². The van der Waals surface area contributed by atoms with Gasteiger partial charge in [0.15, 0.2) is 5.69 Å². The Bertz CT molecular complexity index is 1170. The number of nitrogens with zero attached hydrogens (tertiary/aromatic N) is 3. The number of carbonyl (C=O) groups excluding carboxylic acids is 2. The van der Waals surface area contributed by atoms with Gasteiger partial charge in [-0.3, -0.25) is 14.4 Å². The third-order valence-electron chi connectivity index (χ3n) is 5.31. The van der Waals surface area contributed by atoms with Crippen LogP contribution in [0, 0.1) is 0 Å². The zero-order valence-corrected chi connectivity index (χ0v) is 17.1. The second-order valence-corrected chi connectivity index (χ2v) is 7.74. The Hall–Kier alpha value is -3.48. The molecule has 2 heterocycles. The lowest BCUT2D eigenvalue weighted by Gasteiger charge is -2.16. The van der Waals surface area contributed by atoms with E-state index >= 15 is 0 Å². The van der Waals surface area contributed by atoms with Crippen LogP contribution in [0.15, 0.2) is 53.3 Å². The predicted octanol–water partition coefficient (Wildman–Crippen LogP) is 3.03. The molecule has 1 N–H and O–H groups in total. The van der Waals surface area contributed by atoms with Crippen molar-refractivity contribution in [2.24, 2.45) is 0 Å². The predicted molar refractivity (Wildman–Crippen MR) is 116 cm³/mol. The maximum absolute atomic E-state index is 12.9. The third-order valence-corrected chi connectivity index (χ3v) is 5.31. The number of rotatable bonds is 5. The molecule has 1 aliphatic heterocycles. The lowest BCUT2D eigenvalue weighted by Crippen LogP contribution is -2.31. The average molecular weight is 404 g/mol. The monoisotopic (exact) mass is 404 g/mol. The highest BCUT2D eigenvalue weighted by Gasteiger charge is 2.21. The molecule has 0 unspecified atom stereocenters. The molecule has 0 aliphatic carbocycles. The van der Waals surface area contributed by atoms with Gasteiger partial charge in [-0.25, -0.2) is 4.68 Å². The van der Waals surface area contributed by atoms with Crippen LogP contribution in [0.3, 0.4) is 0 Å². The Morgan fingerprint density at radius 2 is 1.77 bits per heavy atom. The van der Waals surface area contributed by atoms with Gasteiger partial charge in [0.2, 0.25) is 5.91 Å². The van der Waals surface area contributed by atoms with Crippen molar-refractivity contribution in [3.63, 3.8) is 0 Å². The standard InChI is InChI=1S/C23H24N4O3/c1-15(2)27-23(30)19-7-4-3-6-18(19)21(25-27)22(29)24-14-16-9-11-17(12-10-16)26-13-5-8-20(26)28/h3-4,6-7,9-12,15H,5,8,13-14H2,1-2H3,(H,24,29). The lowest BCUT2D eigenvalue weighted by molar-refractivity contribution is -0.117. The molecule has 0 bridgehead atoms. The molecule has 154 valence electrons. The van der Waals surface area contributed by atoms with Gasteiger partial charge in [0.25, 0.3) is 11.5 Å². The van der Waals surface area contributed by atoms with E-state index in [0.29, 0.717) is 23.7 Å². The summed E-state index contributed by atoms with van der Waals surface area (Å²) in [7, 11) is 0. The topological polar surface area (TPSA) is 84.3 Å². The second-order valence-electron chi connectivity index (χ2n) is 7.74. The fourth-order valence-electron chi connectivity index (χ4n) is 3.71. The molecule has 0 spiro atoms.